The monoisotopic (exact) mass is 377 g/mol. The predicted octanol–water partition coefficient (Wildman–Crippen LogP) is 3.64. The molecule has 1 aromatic carbocycles. The summed E-state index contributed by atoms with van der Waals surface area (Å²) in [6.45, 7) is 6.15. The number of para-hydroxylation sites is 2. The highest BCUT2D eigenvalue weighted by atomic mass is 16.5. The molecule has 0 aliphatic heterocycles. The van der Waals surface area contributed by atoms with E-state index in [4.69, 9.17) is 4.74 Å². The first-order valence-electron chi connectivity index (χ1n) is 9.07. The SMILES string of the molecule is Cc1cc(C(=O)NCc2ccncc2)nc(Nc2ccccc2OC(C)C)n1. The highest BCUT2D eigenvalue weighted by molar-refractivity contribution is 5.92. The predicted molar refractivity (Wildman–Crippen MR) is 108 cm³/mol. The van der Waals surface area contributed by atoms with Crippen LogP contribution in [0.3, 0.4) is 0 Å². The molecule has 0 radical (unpaired) electrons. The number of pyridine rings is 1. The van der Waals surface area contributed by atoms with Crippen LogP contribution in [-0.2, 0) is 6.54 Å². The lowest BCUT2D eigenvalue weighted by atomic mass is 10.2. The minimum Gasteiger partial charge on any atom is -0.489 e. The molecule has 28 heavy (non-hydrogen) atoms. The van der Waals surface area contributed by atoms with Gasteiger partial charge in [-0.1, -0.05) is 12.1 Å². The smallest absolute Gasteiger partial charge is 0.270 e. The van der Waals surface area contributed by atoms with Crippen molar-refractivity contribution in [1.82, 2.24) is 20.3 Å². The van der Waals surface area contributed by atoms with Crippen LogP contribution in [0, 0.1) is 6.92 Å². The van der Waals surface area contributed by atoms with Crippen LogP contribution >= 0.6 is 0 Å². The van der Waals surface area contributed by atoms with Crippen molar-refractivity contribution in [2.24, 2.45) is 0 Å². The van der Waals surface area contributed by atoms with Gasteiger partial charge in [0.05, 0.1) is 11.8 Å². The summed E-state index contributed by atoms with van der Waals surface area (Å²) >= 11 is 0. The molecular formula is C21H23N5O2. The minimum absolute atomic E-state index is 0.0379. The van der Waals surface area contributed by atoms with Gasteiger partial charge in [-0.05, 0) is 56.7 Å². The molecular weight excluding hydrogens is 354 g/mol. The lowest BCUT2D eigenvalue weighted by Gasteiger charge is -2.15. The molecule has 0 aliphatic carbocycles. The van der Waals surface area contributed by atoms with Gasteiger partial charge >= 0.3 is 0 Å². The van der Waals surface area contributed by atoms with E-state index < -0.39 is 0 Å². The van der Waals surface area contributed by atoms with Crippen LogP contribution in [0.1, 0.15) is 35.6 Å². The van der Waals surface area contributed by atoms with Gasteiger partial charge in [0.25, 0.3) is 5.91 Å². The first kappa shape index (κ1) is 19.3. The number of rotatable bonds is 7. The second-order valence-electron chi connectivity index (χ2n) is 6.54. The molecule has 144 valence electrons. The van der Waals surface area contributed by atoms with Gasteiger partial charge < -0.3 is 15.4 Å². The fraction of sp³-hybridized carbons (Fsp3) is 0.238. The summed E-state index contributed by atoms with van der Waals surface area (Å²) in [6, 6.07) is 12.9. The Morgan fingerprint density at radius 2 is 1.86 bits per heavy atom. The average molecular weight is 377 g/mol. The van der Waals surface area contributed by atoms with Crippen molar-refractivity contribution in [3.8, 4) is 5.75 Å². The number of amides is 1. The molecule has 0 aliphatic rings. The molecule has 1 amide bonds. The zero-order valence-electron chi connectivity index (χ0n) is 16.1. The van der Waals surface area contributed by atoms with Crippen LogP contribution in [0.2, 0.25) is 0 Å². The van der Waals surface area contributed by atoms with Crippen LogP contribution in [0.4, 0.5) is 11.6 Å². The van der Waals surface area contributed by atoms with Gasteiger partial charge in [-0.2, -0.15) is 0 Å². The molecule has 7 nitrogen and oxygen atoms in total. The van der Waals surface area contributed by atoms with Crippen molar-refractivity contribution in [3.63, 3.8) is 0 Å². The van der Waals surface area contributed by atoms with Gasteiger partial charge in [-0.3, -0.25) is 9.78 Å². The maximum atomic E-state index is 12.5. The van der Waals surface area contributed by atoms with E-state index in [-0.39, 0.29) is 12.0 Å². The number of aryl methyl sites for hydroxylation is 1. The summed E-state index contributed by atoms with van der Waals surface area (Å²) in [6.07, 6.45) is 3.42. The molecule has 3 rings (SSSR count). The molecule has 2 heterocycles. The average Bonchev–Trinajstić information content (AvgIpc) is 2.67. The molecule has 0 bridgehead atoms. The van der Waals surface area contributed by atoms with Crippen LogP contribution in [0.25, 0.3) is 0 Å². The van der Waals surface area contributed by atoms with E-state index in [0.717, 1.165) is 11.3 Å². The lowest BCUT2D eigenvalue weighted by Crippen LogP contribution is -2.24. The maximum absolute atomic E-state index is 12.5. The molecule has 0 unspecified atom stereocenters. The highest BCUT2D eigenvalue weighted by Gasteiger charge is 2.12. The third-order valence-corrected chi connectivity index (χ3v) is 3.79. The zero-order chi connectivity index (χ0) is 19.9. The molecule has 7 heteroatoms. The number of hydrogen-bond acceptors (Lipinski definition) is 6. The van der Waals surface area contributed by atoms with Crippen molar-refractivity contribution in [2.75, 3.05) is 5.32 Å². The van der Waals surface area contributed by atoms with Crippen molar-refractivity contribution in [1.29, 1.82) is 0 Å². The van der Waals surface area contributed by atoms with E-state index >= 15 is 0 Å². The second-order valence-corrected chi connectivity index (χ2v) is 6.54. The summed E-state index contributed by atoms with van der Waals surface area (Å²) in [7, 11) is 0. The van der Waals surface area contributed by atoms with Gasteiger partial charge in [0, 0.05) is 24.6 Å². The number of carbonyl (C=O) groups is 1. The van der Waals surface area contributed by atoms with E-state index in [0.29, 0.717) is 29.6 Å². The molecule has 0 atom stereocenters. The Kier molecular flexibility index (Phi) is 6.16. The van der Waals surface area contributed by atoms with E-state index in [1.54, 1.807) is 18.5 Å². The maximum Gasteiger partial charge on any atom is 0.270 e. The largest absolute Gasteiger partial charge is 0.489 e. The summed E-state index contributed by atoms with van der Waals surface area (Å²) in [4.78, 5) is 25.2. The zero-order valence-corrected chi connectivity index (χ0v) is 16.1. The standard InChI is InChI=1S/C21H23N5O2/c1-14(2)28-19-7-5-4-6-17(19)25-21-24-15(3)12-18(26-21)20(27)23-13-16-8-10-22-11-9-16/h4-12,14H,13H2,1-3H3,(H,23,27)(H,24,25,26). The molecule has 0 saturated carbocycles. The Morgan fingerprint density at radius 3 is 2.61 bits per heavy atom. The fourth-order valence-electron chi connectivity index (χ4n) is 2.56. The molecule has 0 spiro atoms. The van der Waals surface area contributed by atoms with E-state index in [1.165, 1.54) is 0 Å². The number of aromatic nitrogens is 3. The van der Waals surface area contributed by atoms with Crippen LogP contribution in [-0.4, -0.2) is 27.0 Å². The minimum atomic E-state index is -0.267. The summed E-state index contributed by atoms with van der Waals surface area (Å²) in [5, 5.41) is 6.01. The number of anilines is 2. The Labute approximate surface area is 164 Å². The third kappa shape index (κ3) is 5.26. The molecule has 0 saturated heterocycles. The van der Waals surface area contributed by atoms with Crippen molar-refractivity contribution in [2.45, 2.75) is 33.4 Å². The van der Waals surface area contributed by atoms with E-state index in [2.05, 4.69) is 25.6 Å². The van der Waals surface area contributed by atoms with Crippen molar-refractivity contribution >= 4 is 17.5 Å². The van der Waals surface area contributed by atoms with E-state index in [9.17, 15) is 4.79 Å². The Hall–Kier alpha value is -3.48. The quantitative estimate of drug-likeness (QED) is 0.653. The number of nitrogens with one attached hydrogen (secondary N) is 2. The number of ether oxygens (including phenoxy) is 1. The van der Waals surface area contributed by atoms with Gasteiger partial charge in [-0.15, -0.1) is 0 Å². The third-order valence-electron chi connectivity index (χ3n) is 3.79. The van der Waals surface area contributed by atoms with Gasteiger partial charge in [-0.25, -0.2) is 9.97 Å². The van der Waals surface area contributed by atoms with Crippen LogP contribution in [0.5, 0.6) is 5.75 Å². The first-order valence-corrected chi connectivity index (χ1v) is 9.07. The Balaban J connectivity index is 1.75. The molecule has 2 N–H and O–H groups in total. The molecule has 2 aromatic heterocycles. The normalized spacial score (nSPS) is 10.6. The molecule has 3 aromatic rings. The summed E-state index contributed by atoms with van der Waals surface area (Å²) in [5.41, 5.74) is 2.69. The lowest BCUT2D eigenvalue weighted by molar-refractivity contribution is 0.0945. The Morgan fingerprint density at radius 1 is 1.11 bits per heavy atom. The van der Waals surface area contributed by atoms with Crippen molar-refractivity contribution < 1.29 is 9.53 Å². The number of benzene rings is 1. The summed E-state index contributed by atoms with van der Waals surface area (Å²) in [5.74, 6) is 0.775. The Bertz CT molecular complexity index is 945. The van der Waals surface area contributed by atoms with Crippen LogP contribution in [0.15, 0.2) is 54.9 Å². The second kappa shape index (κ2) is 8.94. The molecule has 0 fully saturated rings. The highest BCUT2D eigenvalue weighted by Crippen LogP contribution is 2.27. The number of hydrogen-bond donors (Lipinski definition) is 2. The van der Waals surface area contributed by atoms with Crippen molar-refractivity contribution in [3.05, 3.63) is 71.8 Å². The van der Waals surface area contributed by atoms with E-state index in [1.807, 2.05) is 57.2 Å². The fourth-order valence-corrected chi connectivity index (χ4v) is 2.56. The van der Waals surface area contributed by atoms with Crippen LogP contribution < -0.4 is 15.4 Å². The topological polar surface area (TPSA) is 89.0 Å². The van der Waals surface area contributed by atoms with Gasteiger partial charge in [0.2, 0.25) is 5.95 Å². The number of carbonyl (C=O) groups excluding carboxylic acids is 1. The van der Waals surface area contributed by atoms with Gasteiger partial charge in [0.15, 0.2) is 0 Å². The number of nitrogens with zero attached hydrogens (tertiary/aromatic N) is 3. The first-order chi connectivity index (χ1) is 13.5. The summed E-state index contributed by atoms with van der Waals surface area (Å²) < 4.78 is 5.81. The van der Waals surface area contributed by atoms with Gasteiger partial charge in [0.1, 0.15) is 11.4 Å².